The Hall–Kier alpha value is -1.32. The van der Waals surface area contributed by atoms with Gasteiger partial charge in [-0.05, 0) is 43.0 Å². The van der Waals surface area contributed by atoms with Crippen LogP contribution in [0.25, 0.3) is 0 Å². The second kappa shape index (κ2) is 7.10. The minimum absolute atomic E-state index is 0.435. The topological polar surface area (TPSA) is 38.0 Å². The van der Waals surface area contributed by atoms with Crippen molar-refractivity contribution >= 4 is 11.6 Å². The third-order valence-electron chi connectivity index (χ3n) is 3.96. The van der Waals surface area contributed by atoms with E-state index in [4.69, 9.17) is 11.6 Å². The smallest absolute Gasteiger partial charge is 0.0846 e. The molecule has 1 atom stereocenters. The predicted molar refractivity (Wildman–Crippen MR) is 86.7 cm³/mol. The molecule has 0 bridgehead atoms. The van der Waals surface area contributed by atoms with E-state index in [9.17, 15) is 5.11 Å². The molecular weight excluding hydrogens is 284 g/mol. The minimum atomic E-state index is -0.576. The van der Waals surface area contributed by atoms with E-state index in [-0.39, 0.29) is 0 Å². The number of nitrogens with zero attached hydrogens (tertiary/aromatic N) is 2. The molecule has 1 N–H and O–H groups in total. The molecule has 1 heterocycles. The van der Waals surface area contributed by atoms with E-state index in [0.717, 1.165) is 29.7 Å². The highest BCUT2D eigenvalue weighted by Crippen LogP contribution is 2.24. The van der Waals surface area contributed by atoms with Gasteiger partial charge in [0, 0.05) is 17.6 Å². The maximum absolute atomic E-state index is 10.3. The van der Waals surface area contributed by atoms with Gasteiger partial charge in [0.1, 0.15) is 0 Å². The number of aliphatic hydroxyl groups is 1. The first-order chi connectivity index (χ1) is 10.0. The summed E-state index contributed by atoms with van der Waals surface area (Å²) in [6, 6.07) is 8.11. The van der Waals surface area contributed by atoms with Crippen molar-refractivity contribution in [3.8, 4) is 0 Å². The van der Waals surface area contributed by atoms with Gasteiger partial charge >= 0.3 is 0 Å². The highest BCUT2D eigenvalue weighted by molar-refractivity contribution is 6.31. The SMILES string of the molecule is CCC(CC)n1ccc(CC(O)c2ccc(C)c(Cl)c2)n1. The standard InChI is InChI=1S/C17H23ClN2O/c1-4-15(5-2)20-9-8-14(19-20)11-17(21)13-7-6-12(3)16(18)10-13/h6-10,15,17,21H,4-5,11H2,1-3H3. The molecule has 114 valence electrons. The molecule has 4 heteroatoms. The highest BCUT2D eigenvalue weighted by atomic mass is 35.5. The Morgan fingerprint density at radius 1 is 1.24 bits per heavy atom. The predicted octanol–water partition coefficient (Wildman–Crippen LogP) is 4.48. The van der Waals surface area contributed by atoms with E-state index >= 15 is 0 Å². The maximum atomic E-state index is 10.3. The molecule has 0 radical (unpaired) electrons. The Bertz CT molecular complexity index is 590. The first-order valence-corrected chi connectivity index (χ1v) is 7.91. The molecule has 0 amide bonds. The number of aromatic nitrogens is 2. The molecule has 0 aliphatic rings. The molecule has 0 fully saturated rings. The molecule has 1 aromatic carbocycles. The Labute approximate surface area is 131 Å². The van der Waals surface area contributed by atoms with Crippen LogP contribution in [-0.4, -0.2) is 14.9 Å². The maximum Gasteiger partial charge on any atom is 0.0846 e. The lowest BCUT2D eigenvalue weighted by Gasteiger charge is -2.13. The van der Waals surface area contributed by atoms with Crippen molar-refractivity contribution in [2.45, 2.75) is 52.2 Å². The van der Waals surface area contributed by atoms with Crippen LogP contribution in [0.1, 0.15) is 55.7 Å². The molecule has 0 aliphatic heterocycles. The van der Waals surface area contributed by atoms with Gasteiger partial charge in [-0.25, -0.2) is 0 Å². The third-order valence-corrected chi connectivity index (χ3v) is 4.37. The van der Waals surface area contributed by atoms with Gasteiger partial charge in [-0.1, -0.05) is 37.6 Å². The summed E-state index contributed by atoms with van der Waals surface area (Å²) >= 11 is 6.11. The lowest BCUT2D eigenvalue weighted by atomic mass is 10.0. The van der Waals surface area contributed by atoms with Crippen molar-refractivity contribution in [1.82, 2.24) is 9.78 Å². The summed E-state index contributed by atoms with van der Waals surface area (Å²) in [5.74, 6) is 0. The first-order valence-electron chi connectivity index (χ1n) is 7.53. The minimum Gasteiger partial charge on any atom is -0.388 e. The van der Waals surface area contributed by atoms with Crippen molar-refractivity contribution < 1.29 is 5.11 Å². The van der Waals surface area contributed by atoms with Gasteiger partial charge in [0.2, 0.25) is 0 Å². The number of aryl methyl sites for hydroxylation is 1. The fraction of sp³-hybridized carbons (Fsp3) is 0.471. The van der Waals surface area contributed by atoms with Crippen LogP contribution >= 0.6 is 11.6 Å². The van der Waals surface area contributed by atoms with Crippen molar-refractivity contribution in [2.75, 3.05) is 0 Å². The van der Waals surface area contributed by atoms with E-state index < -0.39 is 6.10 Å². The summed E-state index contributed by atoms with van der Waals surface area (Å²) in [5.41, 5.74) is 2.76. The zero-order valence-corrected chi connectivity index (χ0v) is 13.6. The van der Waals surface area contributed by atoms with Gasteiger partial charge in [-0.2, -0.15) is 5.10 Å². The largest absolute Gasteiger partial charge is 0.388 e. The summed E-state index contributed by atoms with van der Waals surface area (Å²) in [6.45, 7) is 6.28. The Morgan fingerprint density at radius 2 is 1.95 bits per heavy atom. The molecule has 0 saturated carbocycles. The summed E-state index contributed by atoms with van der Waals surface area (Å²) < 4.78 is 2.00. The number of aliphatic hydroxyl groups excluding tert-OH is 1. The Kier molecular flexibility index (Phi) is 5.43. The van der Waals surface area contributed by atoms with Crippen LogP contribution in [0.5, 0.6) is 0 Å². The molecule has 2 aromatic rings. The van der Waals surface area contributed by atoms with E-state index in [0.29, 0.717) is 17.5 Å². The molecular formula is C17H23ClN2O. The van der Waals surface area contributed by atoms with Gasteiger partial charge in [-0.3, -0.25) is 4.68 Å². The lowest BCUT2D eigenvalue weighted by molar-refractivity contribution is 0.176. The highest BCUT2D eigenvalue weighted by Gasteiger charge is 2.13. The van der Waals surface area contributed by atoms with Gasteiger partial charge in [0.05, 0.1) is 17.8 Å². The summed E-state index contributed by atoms with van der Waals surface area (Å²) in [7, 11) is 0. The Balaban J connectivity index is 2.08. The molecule has 3 nitrogen and oxygen atoms in total. The second-order valence-electron chi connectivity index (χ2n) is 5.49. The number of hydrogen-bond acceptors (Lipinski definition) is 2. The number of rotatable bonds is 6. The van der Waals surface area contributed by atoms with Crippen molar-refractivity contribution in [3.05, 3.63) is 52.3 Å². The van der Waals surface area contributed by atoms with Crippen LogP contribution in [0.3, 0.4) is 0 Å². The zero-order valence-electron chi connectivity index (χ0n) is 12.9. The van der Waals surface area contributed by atoms with Crippen molar-refractivity contribution in [2.24, 2.45) is 0 Å². The van der Waals surface area contributed by atoms with Crippen LogP contribution in [-0.2, 0) is 6.42 Å². The van der Waals surface area contributed by atoms with Crippen molar-refractivity contribution in [3.63, 3.8) is 0 Å². The van der Waals surface area contributed by atoms with Gasteiger partial charge < -0.3 is 5.11 Å². The van der Waals surface area contributed by atoms with E-state index in [1.807, 2.05) is 42.1 Å². The van der Waals surface area contributed by atoms with Crippen LogP contribution in [0.15, 0.2) is 30.5 Å². The summed E-state index contributed by atoms with van der Waals surface area (Å²) in [6.07, 6.45) is 4.06. The number of hydrogen-bond donors (Lipinski definition) is 1. The average molecular weight is 307 g/mol. The van der Waals surface area contributed by atoms with E-state index in [1.54, 1.807) is 0 Å². The van der Waals surface area contributed by atoms with Gasteiger partial charge in [0.25, 0.3) is 0 Å². The molecule has 0 spiro atoms. The zero-order chi connectivity index (χ0) is 15.4. The third kappa shape index (κ3) is 3.86. The molecule has 1 aromatic heterocycles. The molecule has 2 rings (SSSR count). The number of halogens is 1. The van der Waals surface area contributed by atoms with E-state index in [2.05, 4.69) is 18.9 Å². The fourth-order valence-electron chi connectivity index (χ4n) is 2.48. The van der Waals surface area contributed by atoms with Crippen LogP contribution in [0.4, 0.5) is 0 Å². The van der Waals surface area contributed by atoms with Crippen LogP contribution in [0.2, 0.25) is 5.02 Å². The monoisotopic (exact) mass is 306 g/mol. The molecule has 21 heavy (non-hydrogen) atoms. The van der Waals surface area contributed by atoms with Gasteiger partial charge in [-0.15, -0.1) is 0 Å². The molecule has 0 saturated heterocycles. The Morgan fingerprint density at radius 3 is 2.57 bits per heavy atom. The second-order valence-corrected chi connectivity index (χ2v) is 5.89. The molecule has 0 aliphatic carbocycles. The lowest BCUT2D eigenvalue weighted by Crippen LogP contribution is -2.09. The fourth-order valence-corrected chi connectivity index (χ4v) is 2.67. The number of benzene rings is 1. The quantitative estimate of drug-likeness (QED) is 0.854. The van der Waals surface area contributed by atoms with Crippen molar-refractivity contribution in [1.29, 1.82) is 0 Å². The van der Waals surface area contributed by atoms with Crippen LogP contribution < -0.4 is 0 Å². The first kappa shape index (κ1) is 16.1. The van der Waals surface area contributed by atoms with Gasteiger partial charge in [0.15, 0.2) is 0 Å². The van der Waals surface area contributed by atoms with E-state index in [1.165, 1.54) is 0 Å². The van der Waals surface area contributed by atoms with Crippen LogP contribution in [0, 0.1) is 6.92 Å². The summed E-state index contributed by atoms with van der Waals surface area (Å²) in [5, 5.41) is 15.6. The average Bonchev–Trinajstić information content (AvgIpc) is 2.91. The normalized spacial score (nSPS) is 12.9. The summed E-state index contributed by atoms with van der Waals surface area (Å²) in [4.78, 5) is 0. The molecule has 1 unspecified atom stereocenters.